The molecule has 4 atom stereocenters. The van der Waals surface area contributed by atoms with Crippen molar-refractivity contribution >= 4 is 23.2 Å². The number of aliphatic hydroxyl groups excluding tert-OH is 1. The van der Waals surface area contributed by atoms with Gasteiger partial charge in [0.2, 0.25) is 0 Å². The second-order valence-corrected chi connectivity index (χ2v) is 6.64. The molecule has 2 aliphatic rings. The molecule has 0 aliphatic carbocycles. The smallest absolute Gasteiger partial charge is 0.0595 e. The minimum atomic E-state index is 0.243. The average Bonchev–Trinajstić information content (AvgIpc) is 2.65. The first-order valence-corrected chi connectivity index (χ1v) is 7.65. The van der Waals surface area contributed by atoms with Crippen molar-refractivity contribution in [3.05, 3.63) is 33.8 Å². The van der Waals surface area contributed by atoms with Crippen LogP contribution >= 0.6 is 23.2 Å². The molecule has 0 radical (unpaired) electrons. The third-order valence-corrected chi connectivity index (χ3v) is 5.75. The van der Waals surface area contributed by atoms with E-state index in [1.807, 2.05) is 12.1 Å². The molecule has 1 aromatic rings. The lowest BCUT2D eigenvalue weighted by Crippen LogP contribution is -2.47. The SMILES string of the molecule is CN1C2CCC1C(CO)C(c1ccc(Cl)c(Cl)c1)C2. The van der Waals surface area contributed by atoms with Crippen molar-refractivity contribution in [1.29, 1.82) is 0 Å². The van der Waals surface area contributed by atoms with E-state index in [-0.39, 0.29) is 6.61 Å². The van der Waals surface area contributed by atoms with E-state index in [0.29, 0.717) is 34.0 Å². The molecule has 104 valence electrons. The van der Waals surface area contributed by atoms with Crippen LogP contribution < -0.4 is 0 Å². The fourth-order valence-electron chi connectivity index (χ4n) is 3.95. The Morgan fingerprint density at radius 3 is 2.74 bits per heavy atom. The Balaban J connectivity index is 1.93. The predicted molar refractivity (Wildman–Crippen MR) is 79.0 cm³/mol. The number of hydrogen-bond acceptors (Lipinski definition) is 2. The van der Waals surface area contributed by atoms with Gasteiger partial charge in [-0.15, -0.1) is 0 Å². The number of hydrogen-bond donors (Lipinski definition) is 1. The zero-order valence-electron chi connectivity index (χ0n) is 11.0. The van der Waals surface area contributed by atoms with Gasteiger partial charge in [0.05, 0.1) is 10.0 Å². The van der Waals surface area contributed by atoms with Gasteiger partial charge >= 0.3 is 0 Å². The van der Waals surface area contributed by atoms with Crippen LogP contribution in [0, 0.1) is 5.92 Å². The van der Waals surface area contributed by atoms with Crippen molar-refractivity contribution in [1.82, 2.24) is 4.90 Å². The molecule has 2 bridgehead atoms. The maximum atomic E-state index is 9.80. The monoisotopic (exact) mass is 299 g/mol. The van der Waals surface area contributed by atoms with Crippen LogP contribution in [0.15, 0.2) is 18.2 Å². The van der Waals surface area contributed by atoms with Crippen molar-refractivity contribution < 1.29 is 5.11 Å². The fourth-order valence-corrected chi connectivity index (χ4v) is 4.26. The van der Waals surface area contributed by atoms with E-state index in [0.717, 1.165) is 6.42 Å². The molecule has 0 spiro atoms. The molecule has 2 aliphatic heterocycles. The van der Waals surface area contributed by atoms with Crippen LogP contribution in [0.1, 0.15) is 30.7 Å². The lowest BCUT2D eigenvalue weighted by molar-refractivity contribution is 0.0592. The first-order chi connectivity index (χ1) is 9.11. The van der Waals surface area contributed by atoms with E-state index in [1.165, 1.54) is 18.4 Å². The van der Waals surface area contributed by atoms with Crippen LogP contribution in [0.3, 0.4) is 0 Å². The highest BCUT2D eigenvalue weighted by molar-refractivity contribution is 6.42. The molecule has 1 N–H and O–H groups in total. The lowest BCUT2D eigenvalue weighted by atomic mass is 9.76. The van der Waals surface area contributed by atoms with Gasteiger partial charge in [0.25, 0.3) is 0 Å². The molecule has 0 aromatic heterocycles. The molecule has 4 unspecified atom stereocenters. The molecule has 0 amide bonds. The number of nitrogens with zero attached hydrogens (tertiary/aromatic N) is 1. The van der Waals surface area contributed by atoms with Gasteiger partial charge in [-0.25, -0.2) is 0 Å². The Hall–Kier alpha value is -0.280. The van der Waals surface area contributed by atoms with Gasteiger partial charge in [0.1, 0.15) is 0 Å². The van der Waals surface area contributed by atoms with Crippen LogP contribution in [-0.2, 0) is 0 Å². The van der Waals surface area contributed by atoms with E-state index in [2.05, 4.69) is 18.0 Å². The highest BCUT2D eigenvalue weighted by Crippen LogP contribution is 2.46. The number of fused-ring (bicyclic) bond motifs is 2. The Labute approximate surface area is 124 Å². The number of rotatable bonds is 2. The van der Waals surface area contributed by atoms with Crippen LogP contribution in [0.25, 0.3) is 0 Å². The predicted octanol–water partition coefficient (Wildman–Crippen LogP) is 3.55. The molecule has 1 aromatic carbocycles. The normalized spacial score (nSPS) is 34.7. The Kier molecular flexibility index (Phi) is 3.78. The maximum absolute atomic E-state index is 9.80. The van der Waals surface area contributed by atoms with E-state index < -0.39 is 0 Å². The third kappa shape index (κ3) is 2.29. The largest absolute Gasteiger partial charge is 0.396 e. The molecule has 3 rings (SSSR count). The van der Waals surface area contributed by atoms with E-state index in [1.54, 1.807) is 0 Å². The highest BCUT2D eigenvalue weighted by atomic mass is 35.5. The van der Waals surface area contributed by atoms with Gasteiger partial charge in [-0.3, -0.25) is 0 Å². The van der Waals surface area contributed by atoms with E-state index >= 15 is 0 Å². The first kappa shape index (κ1) is 13.7. The molecular weight excluding hydrogens is 281 g/mol. The summed E-state index contributed by atoms with van der Waals surface area (Å²) in [5.41, 5.74) is 1.22. The van der Waals surface area contributed by atoms with Crippen LogP contribution in [0.4, 0.5) is 0 Å². The van der Waals surface area contributed by atoms with Crippen molar-refractivity contribution in [2.45, 2.75) is 37.3 Å². The summed E-state index contributed by atoms with van der Waals surface area (Å²) in [5.74, 6) is 0.703. The Morgan fingerprint density at radius 2 is 2.05 bits per heavy atom. The molecule has 2 saturated heterocycles. The van der Waals surface area contributed by atoms with Gasteiger partial charge in [0, 0.05) is 24.6 Å². The Morgan fingerprint density at radius 1 is 1.26 bits per heavy atom. The quantitative estimate of drug-likeness (QED) is 0.903. The highest BCUT2D eigenvalue weighted by Gasteiger charge is 2.45. The van der Waals surface area contributed by atoms with Gasteiger partial charge in [0.15, 0.2) is 0 Å². The van der Waals surface area contributed by atoms with Gasteiger partial charge in [-0.1, -0.05) is 29.3 Å². The number of halogens is 2. The second-order valence-electron chi connectivity index (χ2n) is 5.83. The summed E-state index contributed by atoms with van der Waals surface area (Å²) in [6, 6.07) is 7.05. The summed E-state index contributed by atoms with van der Waals surface area (Å²) < 4.78 is 0. The van der Waals surface area contributed by atoms with Gasteiger partial charge in [-0.05, 0) is 49.9 Å². The summed E-state index contributed by atoms with van der Waals surface area (Å²) in [7, 11) is 2.19. The topological polar surface area (TPSA) is 23.5 Å². The first-order valence-electron chi connectivity index (χ1n) is 6.89. The van der Waals surface area contributed by atoms with E-state index in [9.17, 15) is 5.11 Å². The lowest BCUT2D eigenvalue weighted by Gasteiger charge is -2.42. The summed E-state index contributed by atoms with van der Waals surface area (Å²) >= 11 is 12.1. The molecular formula is C15H19Cl2NO. The molecule has 2 heterocycles. The zero-order chi connectivity index (χ0) is 13.6. The number of benzene rings is 1. The van der Waals surface area contributed by atoms with Crippen LogP contribution in [0.2, 0.25) is 10.0 Å². The zero-order valence-corrected chi connectivity index (χ0v) is 12.5. The molecule has 4 heteroatoms. The summed E-state index contributed by atoms with van der Waals surface area (Å²) in [4.78, 5) is 2.45. The van der Waals surface area contributed by atoms with Crippen LogP contribution in [-0.4, -0.2) is 35.7 Å². The maximum Gasteiger partial charge on any atom is 0.0595 e. The second kappa shape index (κ2) is 5.25. The molecule has 0 saturated carbocycles. The average molecular weight is 300 g/mol. The number of aliphatic hydroxyl groups is 1. The summed E-state index contributed by atoms with van der Waals surface area (Å²) in [6.45, 7) is 0.243. The standard InChI is InChI=1S/C15H19Cl2NO/c1-18-10-3-5-15(18)12(8-19)11(7-10)9-2-4-13(16)14(17)6-9/h2,4,6,10-12,15,19H,3,5,7-8H2,1H3. The van der Waals surface area contributed by atoms with Crippen molar-refractivity contribution in [2.75, 3.05) is 13.7 Å². The van der Waals surface area contributed by atoms with Crippen molar-refractivity contribution in [3.63, 3.8) is 0 Å². The van der Waals surface area contributed by atoms with Crippen molar-refractivity contribution in [3.8, 4) is 0 Å². The number of piperidine rings is 1. The third-order valence-electron chi connectivity index (χ3n) is 5.01. The van der Waals surface area contributed by atoms with Crippen LogP contribution in [0.5, 0.6) is 0 Å². The summed E-state index contributed by atoms with van der Waals surface area (Å²) in [5, 5.41) is 11.0. The fraction of sp³-hybridized carbons (Fsp3) is 0.600. The minimum absolute atomic E-state index is 0.243. The van der Waals surface area contributed by atoms with Gasteiger partial charge in [-0.2, -0.15) is 0 Å². The molecule has 19 heavy (non-hydrogen) atoms. The minimum Gasteiger partial charge on any atom is -0.396 e. The van der Waals surface area contributed by atoms with E-state index in [4.69, 9.17) is 23.2 Å². The van der Waals surface area contributed by atoms with Crippen molar-refractivity contribution in [2.24, 2.45) is 5.92 Å². The Bertz CT molecular complexity index is 479. The molecule has 2 fully saturated rings. The summed E-state index contributed by atoms with van der Waals surface area (Å²) in [6.07, 6.45) is 3.55. The molecule has 2 nitrogen and oxygen atoms in total. The van der Waals surface area contributed by atoms with Gasteiger partial charge < -0.3 is 10.0 Å².